The first-order chi connectivity index (χ1) is 9.04. The molecule has 0 aromatic heterocycles. The average Bonchev–Trinajstić information content (AvgIpc) is 2.30. The summed E-state index contributed by atoms with van der Waals surface area (Å²) in [6.07, 6.45) is -0.708. The average molecular weight is 376 g/mol. The molecule has 1 aliphatic carbocycles. The van der Waals surface area contributed by atoms with Crippen molar-refractivity contribution in [2.24, 2.45) is 0 Å². The van der Waals surface area contributed by atoms with E-state index in [0.717, 1.165) is 27.3 Å². The summed E-state index contributed by atoms with van der Waals surface area (Å²) in [5.74, 6) is -1.11. The van der Waals surface area contributed by atoms with Gasteiger partial charge in [0, 0.05) is 33.8 Å². The Kier molecular flexibility index (Phi) is 3.16. The lowest BCUT2D eigenvalue weighted by molar-refractivity contribution is 0.293. The lowest BCUT2D eigenvalue weighted by atomic mass is 9.86. The zero-order chi connectivity index (χ0) is 13.6. The van der Waals surface area contributed by atoms with E-state index in [1.54, 1.807) is 12.1 Å². The van der Waals surface area contributed by atoms with Crippen molar-refractivity contribution in [3.8, 4) is 11.5 Å². The minimum absolute atomic E-state index is 0.0278. The van der Waals surface area contributed by atoms with Gasteiger partial charge in [-0.25, -0.2) is 13.2 Å². The molecule has 1 atom stereocenters. The molecule has 3 rings (SSSR count). The quantitative estimate of drug-likeness (QED) is 0.676. The highest BCUT2D eigenvalue weighted by atomic mass is 127. The fourth-order valence-electron chi connectivity index (χ4n) is 2.12. The zero-order valence-electron chi connectivity index (χ0n) is 9.59. The fraction of sp³-hybridized carbons (Fsp3) is 0.143. The largest absolute Gasteiger partial charge is 0.457 e. The van der Waals surface area contributed by atoms with Gasteiger partial charge in [0.25, 0.3) is 0 Å². The van der Waals surface area contributed by atoms with Gasteiger partial charge in [-0.2, -0.15) is 0 Å². The summed E-state index contributed by atoms with van der Waals surface area (Å²) in [7, 11) is 0. The van der Waals surface area contributed by atoms with E-state index < -0.39 is 17.8 Å². The number of rotatable bonds is 2. The molecule has 1 aliphatic rings. The van der Waals surface area contributed by atoms with Gasteiger partial charge in [0.15, 0.2) is 0 Å². The first kappa shape index (κ1) is 12.8. The summed E-state index contributed by atoms with van der Waals surface area (Å²) in [4.78, 5) is 0. The Labute approximate surface area is 121 Å². The van der Waals surface area contributed by atoms with Crippen molar-refractivity contribution < 1.29 is 17.9 Å². The number of benzene rings is 2. The third-order valence-corrected chi connectivity index (χ3v) is 4.03. The molecule has 2 aromatic rings. The van der Waals surface area contributed by atoms with Gasteiger partial charge in [-0.3, -0.25) is 0 Å². The van der Waals surface area contributed by atoms with Crippen LogP contribution in [0.2, 0.25) is 0 Å². The van der Waals surface area contributed by atoms with Crippen molar-refractivity contribution in [3.63, 3.8) is 0 Å². The van der Waals surface area contributed by atoms with Gasteiger partial charge in [0.05, 0.1) is 0 Å². The highest BCUT2D eigenvalue weighted by Gasteiger charge is 2.32. The molecular weight excluding hydrogens is 368 g/mol. The second-order valence-corrected chi connectivity index (χ2v) is 5.48. The maximum absolute atomic E-state index is 13.6. The minimum Gasteiger partial charge on any atom is -0.457 e. The first-order valence-electron chi connectivity index (χ1n) is 5.64. The van der Waals surface area contributed by atoms with Crippen molar-refractivity contribution in [2.75, 3.05) is 0 Å². The van der Waals surface area contributed by atoms with Crippen LogP contribution in [0.25, 0.3) is 0 Å². The van der Waals surface area contributed by atoms with Crippen molar-refractivity contribution >= 4 is 22.6 Å². The van der Waals surface area contributed by atoms with E-state index in [1.165, 1.54) is 0 Å². The standard InChI is InChI=1S/C14H8F3IO/c15-7-3-8(16)5-9(4-7)19-13-2-1-12(18)10-6-11(17)14(10)13/h1-5,11H,6H2. The summed E-state index contributed by atoms with van der Waals surface area (Å²) in [6.45, 7) is 0. The number of hydrogen-bond acceptors (Lipinski definition) is 1. The van der Waals surface area contributed by atoms with Crippen LogP contribution in [-0.4, -0.2) is 0 Å². The van der Waals surface area contributed by atoms with Crippen LogP contribution < -0.4 is 4.74 Å². The highest BCUT2D eigenvalue weighted by Crippen LogP contribution is 2.45. The van der Waals surface area contributed by atoms with E-state index in [9.17, 15) is 13.2 Å². The van der Waals surface area contributed by atoms with Gasteiger partial charge >= 0.3 is 0 Å². The smallest absolute Gasteiger partial charge is 0.133 e. The molecular formula is C14H8F3IO. The lowest BCUT2D eigenvalue weighted by Gasteiger charge is -2.27. The first-order valence-corrected chi connectivity index (χ1v) is 6.72. The third-order valence-electron chi connectivity index (χ3n) is 3.02. The Bertz CT molecular complexity index is 637. The Balaban J connectivity index is 1.98. The molecule has 0 amide bonds. The molecule has 0 spiro atoms. The Morgan fingerprint density at radius 2 is 1.79 bits per heavy atom. The van der Waals surface area contributed by atoms with Gasteiger partial charge < -0.3 is 4.74 Å². The topological polar surface area (TPSA) is 9.23 Å². The summed E-state index contributed by atoms with van der Waals surface area (Å²) >= 11 is 2.13. The number of hydrogen-bond donors (Lipinski definition) is 0. The van der Waals surface area contributed by atoms with E-state index in [4.69, 9.17) is 4.74 Å². The minimum atomic E-state index is -1.07. The molecule has 1 nitrogen and oxygen atoms in total. The zero-order valence-corrected chi connectivity index (χ0v) is 11.7. The SMILES string of the molecule is Fc1cc(F)cc(Oc2ccc(I)c3c2C(F)C3)c1. The van der Waals surface area contributed by atoms with E-state index in [-0.39, 0.29) is 5.75 Å². The van der Waals surface area contributed by atoms with Crippen LogP contribution in [0.4, 0.5) is 13.2 Å². The molecule has 0 N–H and O–H groups in total. The Hall–Kier alpha value is -1.24. The molecule has 19 heavy (non-hydrogen) atoms. The highest BCUT2D eigenvalue weighted by molar-refractivity contribution is 14.1. The monoisotopic (exact) mass is 376 g/mol. The maximum atomic E-state index is 13.6. The second-order valence-electron chi connectivity index (χ2n) is 4.32. The van der Waals surface area contributed by atoms with Crippen LogP contribution in [0.1, 0.15) is 17.3 Å². The van der Waals surface area contributed by atoms with E-state index in [1.807, 2.05) is 0 Å². The molecule has 0 aliphatic heterocycles. The van der Waals surface area contributed by atoms with Gasteiger partial charge in [-0.1, -0.05) is 0 Å². The summed E-state index contributed by atoms with van der Waals surface area (Å²) < 4.78 is 46.1. The summed E-state index contributed by atoms with van der Waals surface area (Å²) in [6, 6.07) is 6.32. The molecule has 0 heterocycles. The third kappa shape index (κ3) is 2.31. The fourth-order valence-corrected chi connectivity index (χ4v) is 2.81. The molecule has 0 saturated carbocycles. The predicted molar refractivity (Wildman–Crippen MR) is 73.1 cm³/mol. The van der Waals surface area contributed by atoms with Crippen LogP contribution >= 0.6 is 22.6 Å². The van der Waals surface area contributed by atoms with Crippen LogP contribution in [0.3, 0.4) is 0 Å². The van der Waals surface area contributed by atoms with Crippen LogP contribution in [-0.2, 0) is 6.42 Å². The van der Waals surface area contributed by atoms with Gasteiger partial charge in [0.1, 0.15) is 29.3 Å². The normalized spacial score (nSPS) is 16.7. The molecule has 0 radical (unpaired) electrons. The number of halogens is 4. The van der Waals surface area contributed by atoms with Crippen molar-refractivity contribution in [1.82, 2.24) is 0 Å². The van der Waals surface area contributed by atoms with Crippen LogP contribution in [0.5, 0.6) is 11.5 Å². The Morgan fingerprint density at radius 1 is 1.11 bits per heavy atom. The van der Waals surface area contributed by atoms with Crippen LogP contribution in [0.15, 0.2) is 30.3 Å². The molecule has 0 saturated heterocycles. The van der Waals surface area contributed by atoms with Gasteiger partial charge in [0.2, 0.25) is 0 Å². The van der Waals surface area contributed by atoms with Crippen LogP contribution in [0, 0.1) is 15.2 Å². The molecule has 98 valence electrons. The van der Waals surface area contributed by atoms with E-state index in [2.05, 4.69) is 22.6 Å². The van der Waals surface area contributed by atoms with E-state index in [0.29, 0.717) is 17.7 Å². The van der Waals surface area contributed by atoms with Crippen molar-refractivity contribution in [2.45, 2.75) is 12.6 Å². The molecule has 5 heteroatoms. The van der Waals surface area contributed by atoms with Gasteiger partial charge in [-0.15, -0.1) is 0 Å². The maximum Gasteiger partial charge on any atom is 0.133 e. The Morgan fingerprint density at radius 3 is 2.42 bits per heavy atom. The summed E-state index contributed by atoms with van der Waals surface area (Å²) in [5.41, 5.74) is 1.39. The molecule has 2 aromatic carbocycles. The van der Waals surface area contributed by atoms with Gasteiger partial charge in [-0.05, 0) is 40.3 Å². The summed E-state index contributed by atoms with van der Waals surface area (Å²) in [5, 5.41) is 0. The number of fused-ring (bicyclic) bond motifs is 1. The molecule has 0 bridgehead atoms. The lowest BCUT2D eigenvalue weighted by Crippen LogP contribution is -2.16. The second kappa shape index (κ2) is 4.70. The number of ether oxygens (including phenoxy) is 1. The molecule has 1 unspecified atom stereocenters. The predicted octanol–water partition coefficient (Wildman–Crippen LogP) is 4.93. The van der Waals surface area contributed by atoms with E-state index >= 15 is 0 Å². The van der Waals surface area contributed by atoms with Crippen molar-refractivity contribution in [1.29, 1.82) is 0 Å². The van der Waals surface area contributed by atoms with Crippen molar-refractivity contribution in [3.05, 3.63) is 56.7 Å². The number of alkyl halides is 1. The molecule has 0 fully saturated rings.